The van der Waals surface area contributed by atoms with Gasteiger partial charge in [-0.1, -0.05) is 12.5 Å². The first-order valence-corrected chi connectivity index (χ1v) is 8.32. The third-order valence-electron chi connectivity index (χ3n) is 3.90. The minimum atomic E-state index is -0.00133. The Labute approximate surface area is 140 Å². The van der Waals surface area contributed by atoms with Crippen molar-refractivity contribution in [1.82, 2.24) is 10.2 Å². The van der Waals surface area contributed by atoms with E-state index in [1.807, 2.05) is 29.6 Å². The highest BCUT2D eigenvalue weighted by molar-refractivity contribution is 7.12. The minimum Gasteiger partial charge on any atom is -0.468 e. The number of piperidine rings is 1. The van der Waals surface area contributed by atoms with Crippen LogP contribution in [0.15, 0.2) is 40.3 Å². The first-order chi connectivity index (χ1) is 10.3. The van der Waals surface area contributed by atoms with E-state index in [2.05, 4.69) is 10.2 Å². The monoisotopic (exact) mass is 340 g/mol. The number of hydrogen-bond donors (Lipinski definition) is 1. The van der Waals surface area contributed by atoms with E-state index in [-0.39, 0.29) is 24.4 Å². The first kappa shape index (κ1) is 17.1. The Morgan fingerprint density at radius 1 is 1.27 bits per heavy atom. The zero-order valence-corrected chi connectivity index (χ0v) is 14.0. The zero-order chi connectivity index (χ0) is 14.5. The van der Waals surface area contributed by atoms with Crippen LogP contribution in [0.2, 0.25) is 0 Å². The van der Waals surface area contributed by atoms with Crippen LogP contribution < -0.4 is 5.32 Å². The molecule has 1 N–H and O–H groups in total. The molecule has 22 heavy (non-hydrogen) atoms. The third kappa shape index (κ3) is 4.12. The smallest absolute Gasteiger partial charge is 0.261 e. The number of amides is 1. The summed E-state index contributed by atoms with van der Waals surface area (Å²) in [6.45, 7) is 2.73. The number of furan rings is 1. The van der Waals surface area contributed by atoms with Gasteiger partial charge in [0, 0.05) is 6.54 Å². The lowest BCUT2D eigenvalue weighted by atomic mass is 10.1. The van der Waals surface area contributed by atoms with Gasteiger partial charge in [0.15, 0.2) is 0 Å². The van der Waals surface area contributed by atoms with Gasteiger partial charge in [0.2, 0.25) is 0 Å². The maximum Gasteiger partial charge on any atom is 0.261 e. The van der Waals surface area contributed by atoms with Gasteiger partial charge in [0.05, 0.1) is 17.2 Å². The van der Waals surface area contributed by atoms with Gasteiger partial charge in [0.1, 0.15) is 5.76 Å². The van der Waals surface area contributed by atoms with E-state index in [1.165, 1.54) is 30.6 Å². The lowest BCUT2D eigenvalue weighted by molar-refractivity contribution is 0.0918. The molecule has 1 unspecified atom stereocenters. The van der Waals surface area contributed by atoms with Crippen molar-refractivity contribution < 1.29 is 9.21 Å². The highest BCUT2D eigenvalue weighted by Crippen LogP contribution is 2.24. The molecule has 0 bridgehead atoms. The second kappa shape index (κ2) is 8.36. The topological polar surface area (TPSA) is 45.5 Å². The second-order valence-electron chi connectivity index (χ2n) is 5.32. The van der Waals surface area contributed by atoms with Crippen LogP contribution in [0.5, 0.6) is 0 Å². The molecular weight excluding hydrogens is 320 g/mol. The standard InChI is InChI=1S/C16H20N2O2S.ClH/c19-16(15-7-5-11-21-15)17-12-13(14-6-4-10-20-14)18-8-2-1-3-9-18;/h4-7,10-11,13H,1-3,8-9,12H2,(H,17,19);1H. The molecule has 3 rings (SSSR count). The molecule has 120 valence electrons. The van der Waals surface area contributed by atoms with E-state index in [0.29, 0.717) is 6.54 Å². The molecule has 1 aliphatic heterocycles. The quantitative estimate of drug-likeness (QED) is 0.902. The van der Waals surface area contributed by atoms with Crippen LogP contribution in [-0.2, 0) is 0 Å². The van der Waals surface area contributed by atoms with Gasteiger partial charge in [-0.2, -0.15) is 0 Å². The van der Waals surface area contributed by atoms with Crippen molar-refractivity contribution in [3.63, 3.8) is 0 Å². The summed E-state index contributed by atoms with van der Waals surface area (Å²) in [5, 5.41) is 4.96. The molecule has 1 saturated heterocycles. The Morgan fingerprint density at radius 3 is 2.73 bits per heavy atom. The molecule has 2 aromatic rings. The number of likely N-dealkylation sites (tertiary alicyclic amines) is 1. The fourth-order valence-corrected chi connectivity index (χ4v) is 3.44. The lowest BCUT2D eigenvalue weighted by Gasteiger charge is -2.33. The van der Waals surface area contributed by atoms with Gasteiger partial charge in [-0.3, -0.25) is 9.69 Å². The van der Waals surface area contributed by atoms with Crippen molar-refractivity contribution in [2.75, 3.05) is 19.6 Å². The van der Waals surface area contributed by atoms with E-state index in [0.717, 1.165) is 23.7 Å². The van der Waals surface area contributed by atoms with Gasteiger partial charge in [0.25, 0.3) is 5.91 Å². The van der Waals surface area contributed by atoms with Crippen molar-refractivity contribution in [3.8, 4) is 0 Å². The first-order valence-electron chi connectivity index (χ1n) is 7.44. The number of rotatable bonds is 5. The highest BCUT2D eigenvalue weighted by Gasteiger charge is 2.25. The van der Waals surface area contributed by atoms with E-state index in [9.17, 15) is 4.79 Å². The molecule has 0 saturated carbocycles. The summed E-state index contributed by atoms with van der Waals surface area (Å²) in [6, 6.07) is 7.78. The predicted molar refractivity (Wildman–Crippen MR) is 90.8 cm³/mol. The fourth-order valence-electron chi connectivity index (χ4n) is 2.80. The Kier molecular flexibility index (Phi) is 6.49. The van der Waals surface area contributed by atoms with Crippen molar-refractivity contribution in [3.05, 3.63) is 46.5 Å². The van der Waals surface area contributed by atoms with Crippen molar-refractivity contribution in [2.24, 2.45) is 0 Å². The molecule has 1 amide bonds. The third-order valence-corrected chi connectivity index (χ3v) is 4.77. The van der Waals surface area contributed by atoms with Gasteiger partial charge >= 0.3 is 0 Å². The summed E-state index contributed by atoms with van der Waals surface area (Å²) in [6.07, 6.45) is 5.43. The molecule has 0 aromatic carbocycles. The summed E-state index contributed by atoms with van der Waals surface area (Å²) in [4.78, 5) is 15.3. The maximum absolute atomic E-state index is 12.1. The molecule has 1 fully saturated rings. The fraction of sp³-hybridized carbons (Fsp3) is 0.438. The maximum atomic E-state index is 12.1. The lowest BCUT2D eigenvalue weighted by Crippen LogP contribution is -2.40. The van der Waals surface area contributed by atoms with Crippen molar-refractivity contribution in [2.45, 2.75) is 25.3 Å². The number of carbonyl (C=O) groups is 1. The molecule has 3 heterocycles. The van der Waals surface area contributed by atoms with Crippen LogP contribution in [-0.4, -0.2) is 30.4 Å². The van der Waals surface area contributed by atoms with Gasteiger partial charge < -0.3 is 9.73 Å². The van der Waals surface area contributed by atoms with E-state index < -0.39 is 0 Å². The summed E-state index contributed by atoms with van der Waals surface area (Å²) < 4.78 is 5.58. The molecule has 2 aromatic heterocycles. The average Bonchev–Trinajstić information content (AvgIpc) is 3.22. The average molecular weight is 341 g/mol. The zero-order valence-electron chi connectivity index (χ0n) is 12.4. The molecule has 0 radical (unpaired) electrons. The number of thiophene rings is 1. The van der Waals surface area contributed by atoms with E-state index in [1.54, 1.807) is 6.26 Å². The minimum absolute atomic E-state index is 0. The number of nitrogens with one attached hydrogen (secondary N) is 1. The molecule has 4 nitrogen and oxygen atoms in total. The normalized spacial score (nSPS) is 16.7. The molecule has 0 spiro atoms. The Bertz CT molecular complexity index is 551. The summed E-state index contributed by atoms with van der Waals surface area (Å²) >= 11 is 1.47. The van der Waals surface area contributed by atoms with Crippen LogP contribution >= 0.6 is 23.7 Å². The SMILES string of the molecule is Cl.O=C(NCC(c1ccco1)N1CCCCC1)c1cccs1. The van der Waals surface area contributed by atoms with Crippen LogP contribution in [0.25, 0.3) is 0 Å². The van der Waals surface area contributed by atoms with Crippen molar-refractivity contribution in [1.29, 1.82) is 0 Å². The van der Waals surface area contributed by atoms with Gasteiger partial charge in [-0.15, -0.1) is 23.7 Å². The van der Waals surface area contributed by atoms with E-state index in [4.69, 9.17) is 4.42 Å². The Hall–Kier alpha value is -1.30. The highest BCUT2D eigenvalue weighted by atomic mass is 35.5. The molecule has 6 heteroatoms. The van der Waals surface area contributed by atoms with Crippen LogP contribution in [0.1, 0.15) is 40.7 Å². The largest absolute Gasteiger partial charge is 0.468 e. The van der Waals surface area contributed by atoms with Crippen molar-refractivity contribution >= 4 is 29.7 Å². The molecule has 1 atom stereocenters. The van der Waals surface area contributed by atoms with Crippen LogP contribution in [0, 0.1) is 0 Å². The Balaban J connectivity index is 0.00000176. The number of carbonyl (C=O) groups excluding carboxylic acids is 1. The number of hydrogen-bond acceptors (Lipinski definition) is 4. The summed E-state index contributed by atoms with van der Waals surface area (Å²) in [5.74, 6) is 0.932. The van der Waals surface area contributed by atoms with Crippen LogP contribution in [0.4, 0.5) is 0 Å². The van der Waals surface area contributed by atoms with Gasteiger partial charge in [-0.25, -0.2) is 0 Å². The predicted octanol–water partition coefficient (Wildman–Crippen LogP) is 3.72. The van der Waals surface area contributed by atoms with E-state index >= 15 is 0 Å². The number of halogens is 1. The number of nitrogens with zero attached hydrogens (tertiary/aromatic N) is 1. The summed E-state index contributed by atoms with van der Waals surface area (Å²) in [7, 11) is 0. The van der Waals surface area contributed by atoms with Gasteiger partial charge in [-0.05, 0) is 49.5 Å². The summed E-state index contributed by atoms with van der Waals surface area (Å²) in [5.41, 5.74) is 0. The molecule has 0 aliphatic carbocycles. The second-order valence-corrected chi connectivity index (χ2v) is 6.26. The molecular formula is C16H21ClN2O2S. The van der Waals surface area contributed by atoms with Crippen LogP contribution in [0.3, 0.4) is 0 Å². The molecule has 1 aliphatic rings. The Morgan fingerprint density at radius 2 is 2.09 bits per heavy atom.